The molecule has 82 valence electrons. The van der Waals surface area contributed by atoms with Crippen LogP contribution in [0.15, 0.2) is 30.3 Å². The second-order valence-corrected chi connectivity index (χ2v) is 5.49. The smallest absolute Gasteiger partial charge is 0.134 e. The van der Waals surface area contributed by atoms with E-state index in [1.807, 2.05) is 6.07 Å². The van der Waals surface area contributed by atoms with Gasteiger partial charge >= 0.3 is 0 Å². The minimum Gasteiger partial charge on any atom is -0.371 e. The molecule has 0 bridgehead atoms. The average Bonchev–Trinajstić information content (AvgIpc) is 2.25. The first-order chi connectivity index (χ1) is 7.18. The fourth-order valence-electron chi connectivity index (χ4n) is 1.06. The Morgan fingerprint density at radius 3 is 2.60 bits per heavy atom. The van der Waals surface area contributed by atoms with Crippen LogP contribution in [-0.2, 0) is 5.75 Å². The number of hydrogen-bond donors (Lipinski definition) is 1. The molecule has 0 unspecified atom stereocenters. The largest absolute Gasteiger partial charge is 0.371 e. The molecule has 0 aliphatic carbocycles. The molecule has 15 heavy (non-hydrogen) atoms. The van der Waals surface area contributed by atoms with Crippen LogP contribution in [0.3, 0.4) is 0 Å². The highest BCUT2D eigenvalue weighted by molar-refractivity contribution is 8.22. The highest BCUT2D eigenvalue weighted by Crippen LogP contribution is 2.12. The van der Waals surface area contributed by atoms with Gasteiger partial charge in [0.2, 0.25) is 0 Å². The maximum atomic E-state index is 5.22. The van der Waals surface area contributed by atoms with Crippen molar-refractivity contribution >= 4 is 28.3 Å². The zero-order valence-corrected chi connectivity index (χ0v) is 10.8. The Hall–Kier alpha value is -0.540. The van der Waals surface area contributed by atoms with E-state index in [0.717, 1.165) is 16.6 Å². The third-order valence-corrected chi connectivity index (χ3v) is 3.25. The summed E-state index contributed by atoms with van der Waals surface area (Å²) in [5.74, 6) is 1.59. The molecule has 1 nitrogen and oxygen atoms in total. The molecule has 0 spiro atoms. The molecule has 0 aliphatic heterocycles. The van der Waals surface area contributed by atoms with Crippen LogP contribution in [-0.4, -0.2) is 10.9 Å². The number of benzene rings is 1. The molecule has 0 atom stereocenters. The van der Waals surface area contributed by atoms with Crippen LogP contribution in [0.5, 0.6) is 0 Å². The van der Waals surface area contributed by atoms with E-state index in [1.165, 1.54) is 5.56 Å². The van der Waals surface area contributed by atoms with Crippen LogP contribution in [0.4, 0.5) is 0 Å². The maximum absolute atomic E-state index is 5.22. The van der Waals surface area contributed by atoms with Gasteiger partial charge in [-0.1, -0.05) is 68.2 Å². The van der Waals surface area contributed by atoms with Gasteiger partial charge in [0.1, 0.15) is 4.32 Å². The predicted molar refractivity (Wildman–Crippen MR) is 73.2 cm³/mol. The first-order valence-electron chi connectivity index (χ1n) is 5.13. The Bertz CT molecular complexity index is 296. The van der Waals surface area contributed by atoms with Crippen molar-refractivity contribution in [2.45, 2.75) is 19.6 Å². The highest BCUT2D eigenvalue weighted by atomic mass is 32.2. The molecule has 1 aromatic rings. The summed E-state index contributed by atoms with van der Waals surface area (Å²) in [5, 5.41) is 3.25. The molecular weight excluding hydrogens is 222 g/mol. The fourth-order valence-corrected chi connectivity index (χ4v) is 2.00. The van der Waals surface area contributed by atoms with Crippen LogP contribution in [0.1, 0.15) is 19.4 Å². The van der Waals surface area contributed by atoms with E-state index in [1.54, 1.807) is 11.8 Å². The molecule has 0 aliphatic rings. The summed E-state index contributed by atoms with van der Waals surface area (Å²) in [6.45, 7) is 5.32. The van der Waals surface area contributed by atoms with Gasteiger partial charge in [0, 0.05) is 12.3 Å². The van der Waals surface area contributed by atoms with E-state index < -0.39 is 0 Å². The van der Waals surface area contributed by atoms with E-state index in [-0.39, 0.29) is 0 Å². The summed E-state index contributed by atoms with van der Waals surface area (Å²) in [4.78, 5) is 0. The summed E-state index contributed by atoms with van der Waals surface area (Å²) in [7, 11) is 0. The summed E-state index contributed by atoms with van der Waals surface area (Å²) in [5.41, 5.74) is 1.32. The molecule has 3 heteroatoms. The lowest BCUT2D eigenvalue weighted by atomic mass is 10.2. The van der Waals surface area contributed by atoms with Crippen LogP contribution in [0.25, 0.3) is 0 Å². The summed E-state index contributed by atoms with van der Waals surface area (Å²) >= 11 is 6.92. The second kappa shape index (κ2) is 6.85. The van der Waals surface area contributed by atoms with E-state index in [9.17, 15) is 0 Å². The minimum absolute atomic E-state index is 0.639. The number of rotatable bonds is 4. The fraction of sp³-hybridized carbons (Fsp3) is 0.417. The van der Waals surface area contributed by atoms with E-state index in [4.69, 9.17) is 12.2 Å². The Kier molecular flexibility index (Phi) is 5.73. The summed E-state index contributed by atoms with van der Waals surface area (Å²) in [6.07, 6.45) is 0. The molecule has 0 aromatic heterocycles. The molecule has 0 radical (unpaired) electrons. The molecule has 1 rings (SSSR count). The monoisotopic (exact) mass is 239 g/mol. The Balaban J connectivity index is 2.23. The zero-order chi connectivity index (χ0) is 11.1. The molecule has 0 saturated carbocycles. The number of hydrogen-bond acceptors (Lipinski definition) is 2. The minimum atomic E-state index is 0.639. The lowest BCUT2D eigenvalue weighted by molar-refractivity contribution is 0.630. The quantitative estimate of drug-likeness (QED) is 0.808. The van der Waals surface area contributed by atoms with Crippen LogP contribution < -0.4 is 5.32 Å². The Labute approximate surface area is 102 Å². The van der Waals surface area contributed by atoms with Crippen molar-refractivity contribution in [2.75, 3.05) is 6.54 Å². The first-order valence-corrected chi connectivity index (χ1v) is 6.52. The van der Waals surface area contributed by atoms with Gasteiger partial charge in [-0.2, -0.15) is 0 Å². The van der Waals surface area contributed by atoms with Gasteiger partial charge in [-0.15, -0.1) is 0 Å². The van der Waals surface area contributed by atoms with E-state index in [0.29, 0.717) is 5.92 Å². The number of nitrogens with one attached hydrogen (secondary N) is 1. The summed E-state index contributed by atoms with van der Waals surface area (Å²) < 4.78 is 0.896. The molecule has 1 aromatic carbocycles. The number of thioether (sulfide) groups is 1. The van der Waals surface area contributed by atoms with Gasteiger partial charge in [0.25, 0.3) is 0 Å². The standard InChI is InChI=1S/C12H17NS2/c1-10(2)8-13-12(14)15-9-11-6-4-3-5-7-11/h3-7,10H,8-9H2,1-2H3,(H,13,14). The third kappa shape index (κ3) is 5.80. The normalized spacial score (nSPS) is 10.3. The molecule has 0 amide bonds. The van der Waals surface area contributed by atoms with Crippen molar-refractivity contribution in [3.8, 4) is 0 Å². The van der Waals surface area contributed by atoms with Crippen LogP contribution >= 0.6 is 24.0 Å². The average molecular weight is 239 g/mol. The van der Waals surface area contributed by atoms with E-state index in [2.05, 4.69) is 43.4 Å². The second-order valence-electron chi connectivity index (χ2n) is 3.84. The lowest BCUT2D eigenvalue weighted by Crippen LogP contribution is -2.23. The van der Waals surface area contributed by atoms with Gasteiger partial charge in [0.05, 0.1) is 0 Å². The molecule has 0 heterocycles. The highest BCUT2D eigenvalue weighted by Gasteiger charge is 1.99. The van der Waals surface area contributed by atoms with Crippen LogP contribution in [0, 0.1) is 5.92 Å². The van der Waals surface area contributed by atoms with Gasteiger partial charge in [0.15, 0.2) is 0 Å². The summed E-state index contributed by atoms with van der Waals surface area (Å²) in [6, 6.07) is 10.4. The van der Waals surface area contributed by atoms with Crippen molar-refractivity contribution in [3.63, 3.8) is 0 Å². The van der Waals surface area contributed by atoms with Gasteiger partial charge < -0.3 is 5.32 Å². The van der Waals surface area contributed by atoms with Crippen molar-refractivity contribution in [3.05, 3.63) is 35.9 Å². The lowest BCUT2D eigenvalue weighted by Gasteiger charge is -2.09. The topological polar surface area (TPSA) is 12.0 Å². The molecule has 0 fully saturated rings. The van der Waals surface area contributed by atoms with Crippen molar-refractivity contribution in [1.29, 1.82) is 0 Å². The molecular formula is C12H17NS2. The van der Waals surface area contributed by atoms with Gasteiger partial charge in [-0.05, 0) is 11.5 Å². The zero-order valence-electron chi connectivity index (χ0n) is 9.19. The predicted octanol–water partition coefficient (Wildman–Crippen LogP) is 3.45. The van der Waals surface area contributed by atoms with Crippen molar-refractivity contribution in [2.24, 2.45) is 5.92 Å². The molecule has 1 N–H and O–H groups in total. The SMILES string of the molecule is CC(C)CNC(=S)SCc1ccccc1. The Morgan fingerprint density at radius 1 is 1.33 bits per heavy atom. The van der Waals surface area contributed by atoms with Gasteiger partial charge in [-0.25, -0.2) is 0 Å². The van der Waals surface area contributed by atoms with E-state index >= 15 is 0 Å². The van der Waals surface area contributed by atoms with Crippen molar-refractivity contribution in [1.82, 2.24) is 5.32 Å². The maximum Gasteiger partial charge on any atom is 0.134 e. The molecule has 0 saturated heterocycles. The van der Waals surface area contributed by atoms with Crippen molar-refractivity contribution < 1.29 is 0 Å². The Morgan fingerprint density at radius 2 is 2.00 bits per heavy atom. The number of thiocarbonyl (C=S) groups is 1. The first kappa shape index (κ1) is 12.5. The third-order valence-electron chi connectivity index (χ3n) is 1.87. The van der Waals surface area contributed by atoms with Gasteiger partial charge in [-0.3, -0.25) is 0 Å². The van der Waals surface area contributed by atoms with Crippen LogP contribution in [0.2, 0.25) is 0 Å².